The molecule has 0 amide bonds. The van der Waals surface area contributed by atoms with Crippen LogP contribution in [-0.4, -0.2) is 19.2 Å². The fraction of sp³-hybridized carbons (Fsp3) is 0.429. The van der Waals surface area contributed by atoms with Crippen LogP contribution in [0.5, 0.6) is 5.75 Å². The molecule has 3 heteroatoms. The second-order valence-corrected chi connectivity index (χ2v) is 5.89. The maximum Gasteiger partial charge on any atom is 0.127 e. The van der Waals surface area contributed by atoms with Crippen molar-refractivity contribution in [3.8, 4) is 5.75 Å². The number of hydrogen-bond donors (Lipinski definition) is 1. The van der Waals surface area contributed by atoms with Crippen LogP contribution in [0.1, 0.15) is 18.9 Å². The molecule has 0 aromatic heterocycles. The smallest absolute Gasteiger partial charge is 0.127 e. The fourth-order valence-electron chi connectivity index (χ4n) is 2.17. The Morgan fingerprint density at radius 1 is 1.47 bits per heavy atom. The Bertz CT molecular complexity index is 469. The predicted octanol–water partition coefficient (Wildman–Crippen LogP) is 3.22. The van der Waals surface area contributed by atoms with E-state index in [1.165, 1.54) is 17.6 Å². The molecule has 17 heavy (non-hydrogen) atoms. The van der Waals surface area contributed by atoms with Crippen molar-refractivity contribution in [2.45, 2.75) is 19.4 Å². The molecule has 1 aliphatic heterocycles. The Morgan fingerprint density at radius 2 is 2.29 bits per heavy atom. The lowest BCUT2D eigenvalue weighted by atomic mass is 10.1. The summed E-state index contributed by atoms with van der Waals surface area (Å²) in [5, 5.41) is 3.56. The summed E-state index contributed by atoms with van der Waals surface area (Å²) < 4.78 is 6.84. The predicted molar refractivity (Wildman–Crippen MR) is 73.2 cm³/mol. The summed E-state index contributed by atoms with van der Waals surface area (Å²) in [6, 6.07) is 6.86. The number of nitrogens with one attached hydrogen (secondary N) is 1. The number of halogens is 1. The molecule has 0 bridgehead atoms. The molecule has 2 aliphatic rings. The molecule has 2 nitrogen and oxygen atoms in total. The molecule has 0 spiro atoms. The van der Waals surface area contributed by atoms with Crippen molar-refractivity contribution in [2.75, 3.05) is 13.2 Å². The van der Waals surface area contributed by atoms with E-state index in [0.29, 0.717) is 6.61 Å². The molecule has 1 heterocycles. The van der Waals surface area contributed by atoms with Crippen molar-refractivity contribution in [2.24, 2.45) is 5.92 Å². The van der Waals surface area contributed by atoms with Crippen LogP contribution < -0.4 is 10.1 Å². The highest BCUT2D eigenvalue weighted by Gasteiger charge is 2.31. The van der Waals surface area contributed by atoms with Gasteiger partial charge in [0.05, 0.1) is 0 Å². The second kappa shape index (κ2) is 4.46. The SMILES string of the molecule is CC1CC1NCC1=Cc2cc(Br)ccc2OC1. The Hall–Kier alpha value is -0.800. The monoisotopic (exact) mass is 293 g/mol. The van der Waals surface area contributed by atoms with E-state index in [9.17, 15) is 0 Å². The molecule has 0 radical (unpaired) electrons. The Morgan fingerprint density at radius 3 is 3.06 bits per heavy atom. The molecule has 1 aromatic carbocycles. The number of benzene rings is 1. The normalized spacial score (nSPS) is 25.9. The average molecular weight is 294 g/mol. The zero-order valence-corrected chi connectivity index (χ0v) is 11.5. The van der Waals surface area contributed by atoms with Gasteiger partial charge in [-0.15, -0.1) is 0 Å². The molecule has 2 atom stereocenters. The second-order valence-electron chi connectivity index (χ2n) is 4.97. The summed E-state index contributed by atoms with van der Waals surface area (Å²) >= 11 is 3.49. The third-order valence-electron chi connectivity index (χ3n) is 3.45. The third kappa shape index (κ3) is 2.55. The van der Waals surface area contributed by atoms with Crippen LogP contribution in [0, 0.1) is 5.92 Å². The van der Waals surface area contributed by atoms with Crippen LogP contribution in [0.25, 0.3) is 6.08 Å². The Kier molecular flexibility index (Phi) is 2.97. The lowest BCUT2D eigenvalue weighted by molar-refractivity contribution is 0.342. The fourth-order valence-corrected chi connectivity index (χ4v) is 2.55. The maximum absolute atomic E-state index is 5.74. The largest absolute Gasteiger partial charge is 0.489 e. The summed E-state index contributed by atoms with van der Waals surface area (Å²) in [6.07, 6.45) is 3.56. The van der Waals surface area contributed by atoms with Crippen molar-refractivity contribution in [3.05, 3.63) is 33.8 Å². The minimum Gasteiger partial charge on any atom is -0.489 e. The van der Waals surface area contributed by atoms with Gasteiger partial charge in [0.1, 0.15) is 12.4 Å². The summed E-state index contributed by atoms with van der Waals surface area (Å²) in [4.78, 5) is 0. The van der Waals surface area contributed by atoms with E-state index in [2.05, 4.69) is 40.3 Å². The standard InChI is InChI=1S/C14H16BrNO/c1-9-4-13(9)16-7-10-5-11-6-12(15)2-3-14(11)17-8-10/h2-3,5-6,9,13,16H,4,7-8H2,1H3. The van der Waals surface area contributed by atoms with E-state index in [-0.39, 0.29) is 0 Å². The van der Waals surface area contributed by atoms with Crippen LogP contribution in [-0.2, 0) is 0 Å². The Balaban J connectivity index is 1.70. The highest BCUT2D eigenvalue weighted by molar-refractivity contribution is 9.10. The van der Waals surface area contributed by atoms with Gasteiger partial charge in [-0.2, -0.15) is 0 Å². The molecule has 1 aromatic rings. The summed E-state index contributed by atoms with van der Waals surface area (Å²) in [5.74, 6) is 1.83. The molecule has 0 saturated heterocycles. The molecule has 1 fully saturated rings. The van der Waals surface area contributed by atoms with Gasteiger partial charge in [0, 0.05) is 22.6 Å². The molecule has 1 N–H and O–H groups in total. The average Bonchev–Trinajstić information content (AvgIpc) is 3.02. The van der Waals surface area contributed by atoms with Gasteiger partial charge in [-0.25, -0.2) is 0 Å². The van der Waals surface area contributed by atoms with Crippen LogP contribution in [0.2, 0.25) is 0 Å². The summed E-state index contributed by atoms with van der Waals surface area (Å²) in [7, 11) is 0. The van der Waals surface area contributed by atoms with Crippen molar-refractivity contribution in [1.29, 1.82) is 0 Å². The Labute approximate surface area is 110 Å². The van der Waals surface area contributed by atoms with E-state index in [0.717, 1.165) is 28.7 Å². The molecule has 3 rings (SSSR count). The first-order chi connectivity index (χ1) is 8.22. The van der Waals surface area contributed by atoms with Crippen LogP contribution in [0.3, 0.4) is 0 Å². The zero-order valence-electron chi connectivity index (χ0n) is 9.87. The van der Waals surface area contributed by atoms with Gasteiger partial charge in [-0.3, -0.25) is 0 Å². The van der Waals surface area contributed by atoms with Gasteiger partial charge in [0.25, 0.3) is 0 Å². The number of fused-ring (bicyclic) bond motifs is 1. The first-order valence-corrected chi connectivity index (χ1v) is 6.87. The zero-order chi connectivity index (χ0) is 11.8. The molecule has 90 valence electrons. The van der Waals surface area contributed by atoms with E-state index >= 15 is 0 Å². The number of rotatable bonds is 3. The molecule has 2 unspecified atom stereocenters. The van der Waals surface area contributed by atoms with E-state index in [4.69, 9.17) is 4.74 Å². The topological polar surface area (TPSA) is 21.3 Å². The van der Waals surface area contributed by atoms with Gasteiger partial charge >= 0.3 is 0 Å². The van der Waals surface area contributed by atoms with Gasteiger partial charge < -0.3 is 10.1 Å². The van der Waals surface area contributed by atoms with Crippen molar-refractivity contribution in [1.82, 2.24) is 5.32 Å². The molecular weight excluding hydrogens is 278 g/mol. The van der Waals surface area contributed by atoms with Gasteiger partial charge in [0.2, 0.25) is 0 Å². The summed E-state index contributed by atoms with van der Waals surface area (Å²) in [6.45, 7) is 3.94. The highest BCUT2D eigenvalue weighted by atomic mass is 79.9. The van der Waals surface area contributed by atoms with E-state index in [1.807, 2.05) is 12.1 Å². The van der Waals surface area contributed by atoms with Crippen molar-refractivity contribution in [3.63, 3.8) is 0 Å². The van der Waals surface area contributed by atoms with Crippen molar-refractivity contribution < 1.29 is 4.74 Å². The molecular formula is C14H16BrNO. The van der Waals surface area contributed by atoms with Gasteiger partial charge in [-0.1, -0.05) is 22.9 Å². The van der Waals surface area contributed by atoms with Crippen LogP contribution in [0.15, 0.2) is 28.2 Å². The number of ether oxygens (including phenoxy) is 1. The molecule has 1 aliphatic carbocycles. The van der Waals surface area contributed by atoms with Crippen LogP contribution in [0.4, 0.5) is 0 Å². The quantitative estimate of drug-likeness (QED) is 0.924. The van der Waals surface area contributed by atoms with E-state index in [1.54, 1.807) is 0 Å². The molecule has 1 saturated carbocycles. The van der Waals surface area contributed by atoms with Crippen LogP contribution >= 0.6 is 15.9 Å². The van der Waals surface area contributed by atoms with Crippen molar-refractivity contribution >= 4 is 22.0 Å². The maximum atomic E-state index is 5.74. The first kappa shape index (κ1) is 11.3. The lowest BCUT2D eigenvalue weighted by Gasteiger charge is -2.18. The lowest BCUT2D eigenvalue weighted by Crippen LogP contribution is -2.24. The van der Waals surface area contributed by atoms with E-state index < -0.39 is 0 Å². The number of hydrogen-bond acceptors (Lipinski definition) is 2. The first-order valence-electron chi connectivity index (χ1n) is 6.07. The summed E-state index contributed by atoms with van der Waals surface area (Å²) in [5.41, 5.74) is 2.50. The minimum absolute atomic E-state index is 0.711. The van der Waals surface area contributed by atoms with Gasteiger partial charge in [0.15, 0.2) is 0 Å². The van der Waals surface area contributed by atoms with Gasteiger partial charge in [-0.05, 0) is 42.2 Å². The minimum atomic E-state index is 0.711. The third-order valence-corrected chi connectivity index (χ3v) is 3.94. The highest BCUT2D eigenvalue weighted by Crippen LogP contribution is 2.31.